The van der Waals surface area contributed by atoms with Crippen LogP contribution in [0.4, 0.5) is 4.79 Å². The van der Waals surface area contributed by atoms with E-state index in [1.807, 2.05) is 38.1 Å². The van der Waals surface area contributed by atoms with E-state index in [0.29, 0.717) is 32.5 Å². The minimum Gasteiger partial charge on any atom is -0.383 e. The zero-order valence-electron chi connectivity index (χ0n) is 18.5. The van der Waals surface area contributed by atoms with Gasteiger partial charge in [-0.3, -0.25) is 9.59 Å². The van der Waals surface area contributed by atoms with Crippen molar-refractivity contribution in [2.45, 2.75) is 45.2 Å². The van der Waals surface area contributed by atoms with E-state index in [1.54, 1.807) is 18.9 Å². The standard InChI is InChI=1S/C23H30N4O4/c1-14(2)13-18(20(28)24-10-12-31-4)27-21(29)23(3)19-16(9-11-26(23)22(27)30)15-7-5-6-8-17(15)25-19/h5-8,14,18,25H,9-13H2,1-4H3,(H,24,28)/t18-,23+/m0/s1. The van der Waals surface area contributed by atoms with Crippen LogP contribution in [0, 0.1) is 5.92 Å². The second-order valence-corrected chi connectivity index (χ2v) is 8.88. The third-order valence-corrected chi connectivity index (χ3v) is 6.41. The van der Waals surface area contributed by atoms with Gasteiger partial charge in [-0.15, -0.1) is 0 Å². The summed E-state index contributed by atoms with van der Waals surface area (Å²) in [6.45, 7) is 6.87. The first-order valence-electron chi connectivity index (χ1n) is 10.8. The number of hydrogen-bond acceptors (Lipinski definition) is 4. The molecule has 0 saturated carbocycles. The number of hydrogen-bond donors (Lipinski definition) is 2. The number of fused-ring (bicyclic) bond motifs is 5. The molecule has 4 rings (SSSR count). The van der Waals surface area contributed by atoms with E-state index < -0.39 is 17.6 Å². The number of imide groups is 1. The van der Waals surface area contributed by atoms with Crippen molar-refractivity contribution in [2.24, 2.45) is 5.92 Å². The second-order valence-electron chi connectivity index (χ2n) is 8.88. The first kappa shape index (κ1) is 21.4. The lowest BCUT2D eigenvalue weighted by Gasteiger charge is -2.36. The molecule has 0 spiro atoms. The number of aromatic amines is 1. The Bertz CT molecular complexity index is 1030. The van der Waals surface area contributed by atoms with Crippen LogP contribution in [0.15, 0.2) is 24.3 Å². The van der Waals surface area contributed by atoms with Gasteiger partial charge in [-0.25, -0.2) is 9.69 Å². The Labute approximate surface area is 181 Å². The van der Waals surface area contributed by atoms with Crippen molar-refractivity contribution in [3.63, 3.8) is 0 Å². The van der Waals surface area contributed by atoms with Gasteiger partial charge in [0.25, 0.3) is 5.91 Å². The van der Waals surface area contributed by atoms with Crippen molar-refractivity contribution in [1.82, 2.24) is 20.1 Å². The molecule has 2 aromatic rings. The van der Waals surface area contributed by atoms with E-state index in [4.69, 9.17) is 4.74 Å². The lowest BCUT2D eigenvalue weighted by Crippen LogP contribution is -2.51. The number of carbonyl (C=O) groups is 3. The molecule has 2 N–H and O–H groups in total. The topological polar surface area (TPSA) is 94.7 Å². The minimum atomic E-state index is -1.15. The molecule has 0 radical (unpaired) electrons. The van der Waals surface area contributed by atoms with E-state index in [-0.39, 0.29) is 17.7 Å². The Kier molecular flexibility index (Phi) is 5.51. The fraction of sp³-hybridized carbons (Fsp3) is 0.522. The van der Waals surface area contributed by atoms with Crippen LogP contribution in [-0.4, -0.2) is 65.5 Å². The molecule has 166 valence electrons. The van der Waals surface area contributed by atoms with Crippen molar-refractivity contribution >= 4 is 28.7 Å². The van der Waals surface area contributed by atoms with E-state index in [1.165, 1.54) is 4.90 Å². The molecule has 1 aromatic carbocycles. The zero-order valence-corrected chi connectivity index (χ0v) is 18.5. The Morgan fingerprint density at radius 2 is 2.03 bits per heavy atom. The zero-order chi connectivity index (χ0) is 22.3. The third kappa shape index (κ3) is 3.29. The van der Waals surface area contributed by atoms with Crippen molar-refractivity contribution in [1.29, 1.82) is 0 Å². The van der Waals surface area contributed by atoms with Crippen molar-refractivity contribution in [2.75, 3.05) is 26.8 Å². The van der Waals surface area contributed by atoms with Gasteiger partial charge in [0.15, 0.2) is 5.54 Å². The van der Waals surface area contributed by atoms with Gasteiger partial charge in [0.1, 0.15) is 6.04 Å². The first-order chi connectivity index (χ1) is 14.8. The molecule has 1 aromatic heterocycles. The van der Waals surface area contributed by atoms with Crippen LogP contribution in [-0.2, 0) is 26.3 Å². The average Bonchev–Trinajstić information content (AvgIpc) is 3.21. The number of nitrogens with zero attached hydrogens (tertiary/aromatic N) is 2. The Balaban J connectivity index is 1.73. The molecule has 0 unspecified atom stereocenters. The van der Waals surface area contributed by atoms with Crippen LogP contribution < -0.4 is 5.32 Å². The van der Waals surface area contributed by atoms with Gasteiger partial charge in [0.05, 0.1) is 12.3 Å². The van der Waals surface area contributed by atoms with Gasteiger partial charge in [-0.2, -0.15) is 0 Å². The van der Waals surface area contributed by atoms with Crippen LogP contribution in [0.3, 0.4) is 0 Å². The van der Waals surface area contributed by atoms with E-state index in [9.17, 15) is 14.4 Å². The number of aromatic nitrogens is 1. The molecule has 1 saturated heterocycles. The number of carbonyl (C=O) groups excluding carboxylic acids is 3. The van der Waals surface area contributed by atoms with Crippen molar-refractivity contribution in [3.8, 4) is 0 Å². The highest BCUT2D eigenvalue weighted by Gasteiger charge is 2.60. The molecule has 8 heteroatoms. The summed E-state index contributed by atoms with van der Waals surface area (Å²) in [5.41, 5.74) is 1.63. The predicted octanol–water partition coefficient (Wildman–Crippen LogP) is 2.38. The van der Waals surface area contributed by atoms with E-state index >= 15 is 0 Å². The summed E-state index contributed by atoms with van der Waals surface area (Å²) in [5, 5.41) is 3.88. The number of para-hydroxylation sites is 1. The van der Waals surface area contributed by atoms with Gasteiger partial charge in [-0.05, 0) is 37.3 Å². The number of urea groups is 1. The van der Waals surface area contributed by atoms with Crippen LogP contribution in [0.25, 0.3) is 10.9 Å². The molecule has 8 nitrogen and oxygen atoms in total. The highest BCUT2D eigenvalue weighted by Crippen LogP contribution is 2.44. The number of nitrogens with one attached hydrogen (secondary N) is 2. The number of H-pyrrole nitrogens is 1. The normalized spacial score (nSPS) is 21.6. The van der Waals surface area contributed by atoms with Gasteiger partial charge < -0.3 is 19.9 Å². The maximum atomic E-state index is 13.8. The summed E-state index contributed by atoms with van der Waals surface area (Å²) in [6, 6.07) is 6.68. The van der Waals surface area contributed by atoms with Crippen LogP contribution in [0.5, 0.6) is 0 Å². The number of methoxy groups -OCH3 is 1. The first-order valence-corrected chi connectivity index (χ1v) is 10.8. The van der Waals surface area contributed by atoms with Crippen molar-refractivity contribution < 1.29 is 19.1 Å². The van der Waals surface area contributed by atoms with Gasteiger partial charge in [0, 0.05) is 31.1 Å². The maximum absolute atomic E-state index is 13.8. The number of ether oxygens (including phenoxy) is 1. The fourth-order valence-electron chi connectivity index (χ4n) is 4.86. The van der Waals surface area contributed by atoms with E-state index in [0.717, 1.165) is 22.2 Å². The van der Waals surface area contributed by atoms with Gasteiger partial charge in [-0.1, -0.05) is 32.0 Å². The summed E-state index contributed by atoms with van der Waals surface area (Å²) >= 11 is 0. The number of benzene rings is 1. The molecule has 31 heavy (non-hydrogen) atoms. The molecule has 1 fully saturated rings. The molecule has 4 amide bonds. The minimum absolute atomic E-state index is 0.132. The molecule has 0 bridgehead atoms. The summed E-state index contributed by atoms with van der Waals surface area (Å²) < 4.78 is 5.01. The highest BCUT2D eigenvalue weighted by molar-refractivity contribution is 6.11. The molecular weight excluding hydrogens is 396 g/mol. The summed E-state index contributed by atoms with van der Waals surface area (Å²) in [6.07, 6.45) is 1.07. The molecular formula is C23H30N4O4. The van der Waals surface area contributed by atoms with Gasteiger partial charge >= 0.3 is 6.03 Å². The molecule has 2 aliphatic rings. The largest absolute Gasteiger partial charge is 0.383 e. The summed E-state index contributed by atoms with van der Waals surface area (Å²) in [4.78, 5) is 46.4. The molecule has 3 heterocycles. The summed E-state index contributed by atoms with van der Waals surface area (Å²) in [5.74, 6) is -0.543. The predicted molar refractivity (Wildman–Crippen MR) is 116 cm³/mol. The van der Waals surface area contributed by atoms with Gasteiger partial charge in [0.2, 0.25) is 5.91 Å². The van der Waals surface area contributed by atoms with Crippen LogP contribution >= 0.6 is 0 Å². The summed E-state index contributed by atoms with van der Waals surface area (Å²) in [7, 11) is 1.56. The molecule has 2 aliphatic heterocycles. The highest BCUT2D eigenvalue weighted by atomic mass is 16.5. The van der Waals surface area contributed by atoms with E-state index in [2.05, 4.69) is 10.3 Å². The number of rotatable bonds is 7. The monoisotopic (exact) mass is 426 g/mol. The number of amides is 4. The Morgan fingerprint density at radius 1 is 1.29 bits per heavy atom. The lowest BCUT2D eigenvalue weighted by molar-refractivity contribution is -0.140. The SMILES string of the molecule is COCCNC(=O)[C@H](CC(C)C)N1C(=O)N2CCc3c([nH]c4ccccc34)[C@]2(C)C1=O. The smallest absolute Gasteiger partial charge is 0.328 e. The fourth-order valence-corrected chi connectivity index (χ4v) is 4.86. The van der Waals surface area contributed by atoms with Crippen LogP contribution in [0.2, 0.25) is 0 Å². The Morgan fingerprint density at radius 3 is 2.74 bits per heavy atom. The lowest BCUT2D eigenvalue weighted by atomic mass is 9.87. The molecule has 0 aliphatic carbocycles. The van der Waals surface area contributed by atoms with Crippen molar-refractivity contribution in [3.05, 3.63) is 35.5 Å². The third-order valence-electron chi connectivity index (χ3n) is 6.41. The average molecular weight is 427 g/mol. The van der Waals surface area contributed by atoms with Crippen LogP contribution in [0.1, 0.15) is 38.4 Å². The maximum Gasteiger partial charge on any atom is 0.328 e. The Hall–Kier alpha value is -2.87. The molecule has 2 atom stereocenters. The quantitative estimate of drug-likeness (QED) is 0.525. The second kappa shape index (κ2) is 8.00.